The molecule has 0 radical (unpaired) electrons. The highest BCUT2D eigenvalue weighted by molar-refractivity contribution is 6.44. The molecule has 0 spiro atoms. The maximum atomic E-state index is 12.8. The number of nitrogens with two attached hydrogens (primary N) is 1. The fourth-order valence-electron chi connectivity index (χ4n) is 3.24. The topological polar surface area (TPSA) is 127 Å². The highest BCUT2D eigenvalue weighted by Gasteiger charge is 2.35. The first-order chi connectivity index (χ1) is 15.2. The quantitative estimate of drug-likeness (QED) is 0.638. The Morgan fingerprint density at radius 3 is 2.38 bits per heavy atom. The number of benzene rings is 2. The summed E-state index contributed by atoms with van der Waals surface area (Å²) >= 11 is 0. The van der Waals surface area contributed by atoms with Gasteiger partial charge in [-0.25, -0.2) is 0 Å². The molecular weight excluding hydrogens is 408 g/mol. The van der Waals surface area contributed by atoms with Crippen LogP contribution in [-0.4, -0.2) is 33.7 Å². The molecule has 32 heavy (non-hydrogen) atoms. The average Bonchev–Trinajstić information content (AvgIpc) is 3.43. The number of nitrogens with one attached hydrogen (secondary N) is 1. The summed E-state index contributed by atoms with van der Waals surface area (Å²) in [4.78, 5) is 29.1. The molecule has 9 nitrogen and oxygen atoms in total. The number of para-hydroxylation sites is 1. The summed E-state index contributed by atoms with van der Waals surface area (Å²) in [6.07, 6.45) is 0.132. The van der Waals surface area contributed by atoms with Crippen molar-refractivity contribution >= 4 is 28.9 Å². The molecule has 4 rings (SSSR count). The lowest BCUT2D eigenvalue weighted by Crippen LogP contribution is -2.39. The third-order valence-corrected chi connectivity index (χ3v) is 4.99. The van der Waals surface area contributed by atoms with Crippen LogP contribution in [0.15, 0.2) is 64.2 Å². The van der Waals surface area contributed by atoms with E-state index in [4.69, 9.17) is 10.3 Å². The van der Waals surface area contributed by atoms with Crippen molar-refractivity contribution in [1.82, 2.24) is 10.1 Å². The Balaban J connectivity index is 1.48. The number of amides is 2. The van der Waals surface area contributed by atoms with Gasteiger partial charge in [0, 0.05) is 23.1 Å². The van der Waals surface area contributed by atoms with Gasteiger partial charge in [-0.15, -0.1) is 0 Å². The van der Waals surface area contributed by atoms with E-state index in [-0.39, 0.29) is 17.5 Å². The summed E-state index contributed by atoms with van der Waals surface area (Å²) in [5.41, 5.74) is 7.57. The van der Waals surface area contributed by atoms with E-state index in [9.17, 15) is 9.59 Å². The van der Waals surface area contributed by atoms with Gasteiger partial charge in [0.1, 0.15) is 11.8 Å². The molecule has 2 aromatic carbocycles. The number of aromatic nitrogens is 2. The Kier molecular flexibility index (Phi) is 5.48. The second-order valence-electron chi connectivity index (χ2n) is 8.55. The van der Waals surface area contributed by atoms with Crippen LogP contribution in [0.3, 0.4) is 0 Å². The minimum atomic E-state index is -0.712. The molecule has 164 valence electrons. The third kappa shape index (κ3) is 4.36. The molecule has 2 heterocycles. The van der Waals surface area contributed by atoms with Crippen LogP contribution in [0.25, 0.3) is 11.4 Å². The Bertz CT molecular complexity index is 1160. The largest absolute Gasteiger partial charge is 0.368 e. The minimum absolute atomic E-state index is 0.132. The number of hydrazone groups is 1. The molecule has 1 aliphatic rings. The van der Waals surface area contributed by atoms with Crippen molar-refractivity contribution in [3.8, 4) is 11.4 Å². The first-order valence-electron chi connectivity index (χ1n) is 10.2. The van der Waals surface area contributed by atoms with Crippen LogP contribution >= 0.6 is 0 Å². The SMILES string of the molecule is CC(C)(C)c1nc(-c2ccc(NC(=O)C3=NN(c4ccccc4)C(C(N)=O)C3)cc2)no1. The van der Waals surface area contributed by atoms with E-state index >= 15 is 0 Å². The van der Waals surface area contributed by atoms with Crippen LogP contribution < -0.4 is 16.1 Å². The standard InChI is InChI=1S/C23H24N6O3/c1-23(2,3)22-26-20(28-32-22)14-9-11-15(12-10-14)25-21(31)17-13-18(19(24)30)29(27-17)16-7-5-4-6-8-16/h4-12,18H,13H2,1-3H3,(H2,24,30)(H,25,31). The molecule has 3 aromatic rings. The first-order valence-corrected chi connectivity index (χ1v) is 10.2. The molecule has 1 aliphatic heterocycles. The number of hydrogen-bond acceptors (Lipinski definition) is 7. The maximum absolute atomic E-state index is 12.8. The van der Waals surface area contributed by atoms with E-state index in [1.165, 1.54) is 5.01 Å². The van der Waals surface area contributed by atoms with E-state index in [1.807, 2.05) is 51.1 Å². The lowest BCUT2D eigenvalue weighted by atomic mass is 9.97. The molecular formula is C23H24N6O3. The fraction of sp³-hybridized carbons (Fsp3) is 0.261. The summed E-state index contributed by atoms with van der Waals surface area (Å²) in [7, 11) is 0. The van der Waals surface area contributed by atoms with Crippen molar-refractivity contribution in [3.05, 3.63) is 60.5 Å². The van der Waals surface area contributed by atoms with E-state index in [0.717, 1.165) is 5.56 Å². The Labute approximate surface area is 185 Å². The van der Waals surface area contributed by atoms with Gasteiger partial charge in [-0.1, -0.05) is 44.1 Å². The van der Waals surface area contributed by atoms with Gasteiger partial charge >= 0.3 is 0 Å². The van der Waals surface area contributed by atoms with Gasteiger partial charge < -0.3 is 15.6 Å². The lowest BCUT2D eigenvalue weighted by Gasteiger charge is -2.20. The molecule has 0 bridgehead atoms. The number of anilines is 2. The lowest BCUT2D eigenvalue weighted by molar-refractivity contribution is -0.119. The summed E-state index contributed by atoms with van der Waals surface area (Å²) < 4.78 is 5.33. The van der Waals surface area contributed by atoms with Crippen molar-refractivity contribution < 1.29 is 14.1 Å². The maximum Gasteiger partial charge on any atom is 0.271 e. The van der Waals surface area contributed by atoms with Crippen molar-refractivity contribution in [2.45, 2.75) is 38.6 Å². The molecule has 9 heteroatoms. The van der Waals surface area contributed by atoms with Gasteiger partial charge in [-0.3, -0.25) is 14.6 Å². The van der Waals surface area contributed by atoms with Crippen LogP contribution in [0, 0.1) is 0 Å². The molecule has 3 N–H and O–H groups in total. The van der Waals surface area contributed by atoms with Gasteiger partial charge in [0.25, 0.3) is 5.91 Å². The molecule has 0 fully saturated rings. The summed E-state index contributed by atoms with van der Waals surface area (Å²) in [6.45, 7) is 5.99. The second kappa shape index (κ2) is 8.26. The molecule has 2 amide bonds. The smallest absolute Gasteiger partial charge is 0.271 e. The van der Waals surface area contributed by atoms with Crippen LogP contribution in [0.2, 0.25) is 0 Å². The summed E-state index contributed by atoms with van der Waals surface area (Å²) in [6, 6.07) is 15.5. The summed E-state index contributed by atoms with van der Waals surface area (Å²) in [5.74, 6) is 0.100. The van der Waals surface area contributed by atoms with E-state index in [1.54, 1.807) is 24.3 Å². The van der Waals surface area contributed by atoms with Crippen LogP contribution in [0.1, 0.15) is 33.1 Å². The van der Waals surface area contributed by atoms with E-state index in [0.29, 0.717) is 23.1 Å². The first kappa shape index (κ1) is 21.2. The third-order valence-electron chi connectivity index (χ3n) is 4.99. The van der Waals surface area contributed by atoms with Crippen LogP contribution in [-0.2, 0) is 15.0 Å². The Hall–Kier alpha value is -4.01. The van der Waals surface area contributed by atoms with Crippen molar-refractivity contribution in [2.75, 3.05) is 10.3 Å². The number of hydrogen-bond donors (Lipinski definition) is 2. The van der Waals surface area contributed by atoms with Gasteiger partial charge in [0.15, 0.2) is 0 Å². The molecule has 1 unspecified atom stereocenters. The monoisotopic (exact) mass is 432 g/mol. The normalized spacial score (nSPS) is 16.0. The van der Waals surface area contributed by atoms with Crippen LogP contribution in [0.4, 0.5) is 11.4 Å². The Morgan fingerprint density at radius 2 is 1.78 bits per heavy atom. The zero-order valence-corrected chi connectivity index (χ0v) is 18.1. The van der Waals surface area contributed by atoms with E-state index < -0.39 is 17.9 Å². The number of rotatable bonds is 5. The van der Waals surface area contributed by atoms with Crippen molar-refractivity contribution in [2.24, 2.45) is 10.8 Å². The van der Waals surface area contributed by atoms with Gasteiger partial charge in [-0.2, -0.15) is 10.1 Å². The molecule has 1 aromatic heterocycles. The highest BCUT2D eigenvalue weighted by Crippen LogP contribution is 2.26. The zero-order chi connectivity index (χ0) is 22.9. The second-order valence-corrected chi connectivity index (χ2v) is 8.55. The minimum Gasteiger partial charge on any atom is -0.368 e. The van der Waals surface area contributed by atoms with Gasteiger partial charge in [0.2, 0.25) is 17.6 Å². The average molecular weight is 432 g/mol. The van der Waals surface area contributed by atoms with E-state index in [2.05, 4.69) is 20.6 Å². The molecule has 1 atom stereocenters. The Morgan fingerprint density at radius 1 is 1.09 bits per heavy atom. The number of carbonyl (C=O) groups is 2. The highest BCUT2D eigenvalue weighted by atomic mass is 16.5. The molecule has 0 saturated heterocycles. The molecule has 0 saturated carbocycles. The molecule has 0 aliphatic carbocycles. The van der Waals surface area contributed by atoms with Crippen molar-refractivity contribution in [3.63, 3.8) is 0 Å². The summed E-state index contributed by atoms with van der Waals surface area (Å²) in [5, 5.41) is 12.7. The predicted molar refractivity (Wildman–Crippen MR) is 121 cm³/mol. The van der Waals surface area contributed by atoms with Crippen LogP contribution in [0.5, 0.6) is 0 Å². The van der Waals surface area contributed by atoms with Crippen molar-refractivity contribution in [1.29, 1.82) is 0 Å². The number of nitrogens with zero attached hydrogens (tertiary/aromatic N) is 4. The zero-order valence-electron chi connectivity index (χ0n) is 18.1. The van der Waals surface area contributed by atoms with Gasteiger partial charge in [0.05, 0.1) is 5.69 Å². The predicted octanol–water partition coefficient (Wildman–Crippen LogP) is 3.09. The number of carbonyl (C=O) groups excluding carboxylic acids is 2. The van der Waals surface area contributed by atoms with Gasteiger partial charge in [-0.05, 0) is 36.4 Å². The fourth-order valence-corrected chi connectivity index (χ4v) is 3.24. The number of primary amides is 1.